The van der Waals surface area contributed by atoms with Crippen LogP contribution in [0.15, 0.2) is 0 Å². The third-order valence-corrected chi connectivity index (χ3v) is 3.14. The van der Waals surface area contributed by atoms with Gasteiger partial charge in [-0.25, -0.2) is 0 Å². The maximum Gasteiger partial charge on any atom is 0.390 e. The standard InChI is InChI=1S/C11H20F3NO/c1-8(6-11(12,13)14)15-7-9-4-2-3-5-10(9)16/h8-10,15-16H,2-7H2,1H3. The summed E-state index contributed by atoms with van der Waals surface area (Å²) in [6.07, 6.45) is -1.49. The average molecular weight is 239 g/mol. The van der Waals surface area contributed by atoms with Gasteiger partial charge >= 0.3 is 6.18 Å². The maximum atomic E-state index is 12.1. The summed E-state index contributed by atoms with van der Waals surface area (Å²) in [6.45, 7) is 2.01. The van der Waals surface area contributed by atoms with Crippen molar-refractivity contribution < 1.29 is 18.3 Å². The predicted molar refractivity (Wildman–Crippen MR) is 56.1 cm³/mol. The second-order valence-electron chi connectivity index (χ2n) is 4.74. The Morgan fingerprint density at radius 1 is 1.31 bits per heavy atom. The quantitative estimate of drug-likeness (QED) is 0.790. The second-order valence-corrected chi connectivity index (χ2v) is 4.74. The zero-order valence-corrected chi connectivity index (χ0v) is 9.56. The van der Waals surface area contributed by atoms with E-state index in [0.29, 0.717) is 6.54 Å². The van der Waals surface area contributed by atoms with Crippen LogP contribution in [0.4, 0.5) is 13.2 Å². The van der Waals surface area contributed by atoms with Crippen LogP contribution in [0.5, 0.6) is 0 Å². The van der Waals surface area contributed by atoms with E-state index in [9.17, 15) is 18.3 Å². The Morgan fingerprint density at radius 3 is 2.50 bits per heavy atom. The molecule has 0 radical (unpaired) electrons. The van der Waals surface area contributed by atoms with E-state index in [1.807, 2.05) is 0 Å². The van der Waals surface area contributed by atoms with Crippen LogP contribution in [-0.4, -0.2) is 30.0 Å². The van der Waals surface area contributed by atoms with E-state index < -0.39 is 18.6 Å². The zero-order chi connectivity index (χ0) is 12.2. The molecule has 3 atom stereocenters. The lowest BCUT2D eigenvalue weighted by molar-refractivity contribution is -0.139. The van der Waals surface area contributed by atoms with Gasteiger partial charge in [-0.15, -0.1) is 0 Å². The van der Waals surface area contributed by atoms with Crippen molar-refractivity contribution in [1.29, 1.82) is 0 Å². The van der Waals surface area contributed by atoms with Crippen LogP contribution in [0, 0.1) is 5.92 Å². The van der Waals surface area contributed by atoms with Crippen LogP contribution in [0.1, 0.15) is 39.0 Å². The third-order valence-electron chi connectivity index (χ3n) is 3.14. The molecule has 0 saturated heterocycles. The fourth-order valence-electron chi connectivity index (χ4n) is 2.20. The molecular weight excluding hydrogens is 219 g/mol. The normalized spacial score (nSPS) is 29.1. The van der Waals surface area contributed by atoms with Gasteiger partial charge in [0.1, 0.15) is 0 Å². The lowest BCUT2D eigenvalue weighted by Crippen LogP contribution is -2.39. The maximum absolute atomic E-state index is 12.1. The van der Waals surface area contributed by atoms with E-state index in [1.165, 1.54) is 6.92 Å². The Balaban J connectivity index is 2.22. The van der Waals surface area contributed by atoms with Gasteiger partial charge in [0.25, 0.3) is 0 Å². The number of halogens is 3. The molecule has 1 fully saturated rings. The number of alkyl halides is 3. The summed E-state index contributed by atoms with van der Waals surface area (Å²) in [5, 5.41) is 12.5. The minimum atomic E-state index is -4.11. The molecule has 1 aliphatic carbocycles. The molecule has 2 N–H and O–H groups in total. The van der Waals surface area contributed by atoms with E-state index in [4.69, 9.17) is 0 Å². The van der Waals surface area contributed by atoms with Gasteiger partial charge in [-0.1, -0.05) is 12.8 Å². The van der Waals surface area contributed by atoms with Crippen LogP contribution >= 0.6 is 0 Å². The predicted octanol–water partition coefficient (Wildman–Crippen LogP) is 2.47. The topological polar surface area (TPSA) is 32.3 Å². The summed E-state index contributed by atoms with van der Waals surface area (Å²) in [5.41, 5.74) is 0. The average Bonchev–Trinajstić information content (AvgIpc) is 2.14. The SMILES string of the molecule is CC(CC(F)(F)F)NCC1CCCCC1O. The van der Waals surface area contributed by atoms with E-state index in [2.05, 4.69) is 5.32 Å². The molecule has 0 amide bonds. The van der Waals surface area contributed by atoms with Gasteiger partial charge in [-0.3, -0.25) is 0 Å². The summed E-state index contributed by atoms with van der Waals surface area (Å²) in [5.74, 6) is 0.115. The highest BCUT2D eigenvalue weighted by molar-refractivity contribution is 4.78. The number of rotatable bonds is 4. The van der Waals surface area contributed by atoms with E-state index in [1.54, 1.807) is 0 Å². The lowest BCUT2D eigenvalue weighted by atomic mass is 9.86. The molecule has 0 bridgehead atoms. The van der Waals surface area contributed by atoms with Gasteiger partial charge in [0, 0.05) is 12.6 Å². The monoisotopic (exact) mass is 239 g/mol. The van der Waals surface area contributed by atoms with Gasteiger partial charge in [0.05, 0.1) is 12.5 Å². The molecule has 0 aromatic heterocycles. The minimum absolute atomic E-state index is 0.115. The Kier molecular flexibility index (Phi) is 5.05. The molecule has 0 aromatic rings. The molecule has 1 saturated carbocycles. The fourth-order valence-corrected chi connectivity index (χ4v) is 2.20. The molecule has 0 aromatic carbocycles. The first-order valence-corrected chi connectivity index (χ1v) is 5.86. The van der Waals surface area contributed by atoms with Crippen molar-refractivity contribution in [1.82, 2.24) is 5.32 Å². The first-order chi connectivity index (χ1) is 7.38. The highest BCUT2D eigenvalue weighted by Crippen LogP contribution is 2.25. The summed E-state index contributed by atoms with van der Waals surface area (Å²) < 4.78 is 36.2. The van der Waals surface area contributed by atoms with Crippen molar-refractivity contribution in [2.75, 3.05) is 6.54 Å². The van der Waals surface area contributed by atoms with Crippen molar-refractivity contribution in [3.63, 3.8) is 0 Å². The lowest BCUT2D eigenvalue weighted by Gasteiger charge is -2.29. The van der Waals surface area contributed by atoms with Crippen molar-refractivity contribution >= 4 is 0 Å². The molecule has 1 aliphatic rings. The number of hydrogen-bond donors (Lipinski definition) is 2. The smallest absolute Gasteiger partial charge is 0.390 e. The number of hydrogen-bond acceptors (Lipinski definition) is 2. The van der Waals surface area contributed by atoms with Crippen molar-refractivity contribution in [3.8, 4) is 0 Å². The number of nitrogens with one attached hydrogen (secondary N) is 1. The largest absolute Gasteiger partial charge is 0.393 e. The van der Waals surface area contributed by atoms with Gasteiger partial charge in [-0.2, -0.15) is 13.2 Å². The van der Waals surface area contributed by atoms with E-state index >= 15 is 0 Å². The highest BCUT2D eigenvalue weighted by atomic mass is 19.4. The highest BCUT2D eigenvalue weighted by Gasteiger charge is 2.30. The van der Waals surface area contributed by atoms with Crippen LogP contribution in [0.3, 0.4) is 0 Å². The first kappa shape index (κ1) is 13.8. The number of aliphatic hydroxyl groups excluding tert-OH is 1. The summed E-state index contributed by atoms with van der Waals surface area (Å²) >= 11 is 0. The summed E-state index contributed by atoms with van der Waals surface area (Å²) in [6, 6.07) is -0.575. The van der Waals surface area contributed by atoms with Gasteiger partial charge in [-0.05, 0) is 25.7 Å². The fraction of sp³-hybridized carbons (Fsp3) is 1.00. The van der Waals surface area contributed by atoms with Crippen LogP contribution < -0.4 is 5.32 Å². The molecule has 2 nitrogen and oxygen atoms in total. The van der Waals surface area contributed by atoms with Crippen LogP contribution in [-0.2, 0) is 0 Å². The molecule has 1 rings (SSSR count). The molecule has 3 unspecified atom stereocenters. The summed E-state index contributed by atoms with van der Waals surface area (Å²) in [4.78, 5) is 0. The molecule has 0 spiro atoms. The van der Waals surface area contributed by atoms with E-state index in [-0.39, 0.29) is 12.0 Å². The van der Waals surface area contributed by atoms with E-state index in [0.717, 1.165) is 25.7 Å². The Morgan fingerprint density at radius 2 is 1.94 bits per heavy atom. The van der Waals surface area contributed by atoms with Crippen LogP contribution in [0.25, 0.3) is 0 Å². The van der Waals surface area contributed by atoms with Crippen molar-refractivity contribution in [2.45, 2.75) is 57.3 Å². The Hall–Kier alpha value is -0.290. The van der Waals surface area contributed by atoms with Crippen LogP contribution in [0.2, 0.25) is 0 Å². The second kappa shape index (κ2) is 5.87. The van der Waals surface area contributed by atoms with Crippen molar-refractivity contribution in [2.24, 2.45) is 5.92 Å². The molecule has 5 heteroatoms. The molecule has 0 aliphatic heterocycles. The third kappa shape index (κ3) is 5.16. The van der Waals surface area contributed by atoms with Gasteiger partial charge in [0.15, 0.2) is 0 Å². The number of aliphatic hydroxyl groups is 1. The van der Waals surface area contributed by atoms with Crippen molar-refractivity contribution in [3.05, 3.63) is 0 Å². The molecule has 96 valence electrons. The molecule has 0 heterocycles. The van der Waals surface area contributed by atoms with Gasteiger partial charge < -0.3 is 10.4 Å². The molecule has 16 heavy (non-hydrogen) atoms. The summed E-state index contributed by atoms with van der Waals surface area (Å²) in [7, 11) is 0. The minimum Gasteiger partial charge on any atom is -0.393 e. The zero-order valence-electron chi connectivity index (χ0n) is 9.56. The molecular formula is C11H20F3NO. The van der Waals surface area contributed by atoms with Gasteiger partial charge in [0.2, 0.25) is 0 Å². The Labute approximate surface area is 94.2 Å². The first-order valence-electron chi connectivity index (χ1n) is 5.86. The Bertz CT molecular complexity index is 208.